The summed E-state index contributed by atoms with van der Waals surface area (Å²) >= 11 is 0. The van der Waals surface area contributed by atoms with Crippen molar-refractivity contribution >= 4 is 21.0 Å². The third-order valence-corrected chi connectivity index (χ3v) is 5.55. The SMILES string of the molecule is Cc1cccc(-c2ccccc2-c2ccc3nccc(OS(=O)(=O)C(F)(F)F)c3c2)n1. The van der Waals surface area contributed by atoms with E-state index >= 15 is 0 Å². The maximum Gasteiger partial charge on any atom is 0.534 e. The van der Waals surface area contributed by atoms with E-state index in [1.54, 1.807) is 18.2 Å². The summed E-state index contributed by atoms with van der Waals surface area (Å²) in [4.78, 5) is 8.64. The van der Waals surface area contributed by atoms with Crippen molar-refractivity contribution in [3.63, 3.8) is 0 Å². The van der Waals surface area contributed by atoms with Crippen molar-refractivity contribution in [3.8, 4) is 28.1 Å². The van der Waals surface area contributed by atoms with Crippen LogP contribution in [0.25, 0.3) is 33.3 Å². The minimum absolute atomic E-state index is 0.139. The molecule has 0 amide bonds. The standard InChI is InChI=1S/C22H15F3N2O3S/c1-14-5-4-8-20(27-14)17-7-3-2-6-16(17)15-9-10-19-18(13-15)21(11-12-26-19)30-31(28,29)22(23,24)25/h2-13H,1H3. The van der Waals surface area contributed by atoms with Gasteiger partial charge in [-0.1, -0.05) is 36.4 Å². The first-order chi connectivity index (χ1) is 14.7. The van der Waals surface area contributed by atoms with E-state index in [1.165, 1.54) is 6.20 Å². The number of aromatic nitrogens is 2. The summed E-state index contributed by atoms with van der Waals surface area (Å²) in [6.07, 6.45) is 1.19. The van der Waals surface area contributed by atoms with Crippen molar-refractivity contribution < 1.29 is 25.8 Å². The molecule has 0 saturated heterocycles. The first-order valence-electron chi connectivity index (χ1n) is 9.09. The van der Waals surface area contributed by atoms with Gasteiger partial charge in [-0.3, -0.25) is 9.97 Å². The van der Waals surface area contributed by atoms with Crippen LogP contribution < -0.4 is 4.18 Å². The maximum atomic E-state index is 12.8. The van der Waals surface area contributed by atoms with Gasteiger partial charge in [-0.2, -0.15) is 21.6 Å². The number of halogens is 3. The Hall–Kier alpha value is -3.46. The van der Waals surface area contributed by atoms with Crippen molar-refractivity contribution in [3.05, 3.63) is 78.6 Å². The van der Waals surface area contributed by atoms with Gasteiger partial charge < -0.3 is 4.18 Å². The number of nitrogens with zero attached hydrogens (tertiary/aromatic N) is 2. The zero-order chi connectivity index (χ0) is 22.2. The number of aryl methyl sites for hydroxylation is 1. The summed E-state index contributed by atoms with van der Waals surface area (Å²) in [7, 11) is -5.81. The van der Waals surface area contributed by atoms with Crippen molar-refractivity contribution in [1.82, 2.24) is 9.97 Å². The lowest BCUT2D eigenvalue weighted by atomic mass is 9.96. The zero-order valence-electron chi connectivity index (χ0n) is 16.1. The Morgan fingerprint density at radius 3 is 2.35 bits per heavy atom. The molecular formula is C22H15F3N2O3S. The molecule has 0 saturated carbocycles. The molecule has 4 rings (SSSR count). The number of pyridine rings is 2. The molecule has 2 heterocycles. The van der Waals surface area contributed by atoms with Gasteiger partial charge >= 0.3 is 15.6 Å². The minimum Gasteiger partial charge on any atom is -0.375 e. The van der Waals surface area contributed by atoms with Crippen LogP contribution in [-0.2, 0) is 10.1 Å². The smallest absolute Gasteiger partial charge is 0.375 e. The van der Waals surface area contributed by atoms with E-state index in [4.69, 9.17) is 0 Å². The molecule has 0 aliphatic carbocycles. The Labute approximate surface area is 176 Å². The predicted molar refractivity (Wildman–Crippen MR) is 111 cm³/mol. The minimum atomic E-state index is -5.81. The van der Waals surface area contributed by atoms with Gasteiger partial charge in [-0.25, -0.2) is 0 Å². The van der Waals surface area contributed by atoms with Crippen LogP contribution in [0.3, 0.4) is 0 Å². The van der Waals surface area contributed by atoms with E-state index in [1.807, 2.05) is 49.4 Å². The summed E-state index contributed by atoms with van der Waals surface area (Å²) in [5, 5.41) is 0.139. The second-order valence-electron chi connectivity index (χ2n) is 6.73. The molecule has 0 fully saturated rings. The maximum absolute atomic E-state index is 12.8. The molecule has 0 aliphatic rings. The highest BCUT2D eigenvalue weighted by Crippen LogP contribution is 2.36. The number of hydrogen-bond acceptors (Lipinski definition) is 5. The van der Waals surface area contributed by atoms with E-state index in [0.717, 1.165) is 28.6 Å². The first kappa shape index (κ1) is 20.8. The van der Waals surface area contributed by atoms with Gasteiger partial charge in [0.05, 0.1) is 11.2 Å². The highest BCUT2D eigenvalue weighted by atomic mass is 32.2. The van der Waals surface area contributed by atoms with Gasteiger partial charge in [0.1, 0.15) is 0 Å². The van der Waals surface area contributed by atoms with Crippen LogP contribution in [0.1, 0.15) is 5.69 Å². The quantitative estimate of drug-likeness (QED) is 0.307. The number of rotatable bonds is 4. The van der Waals surface area contributed by atoms with Crippen molar-refractivity contribution in [1.29, 1.82) is 0 Å². The zero-order valence-corrected chi connectivity index (χ0v) is 16.9. The molecule has 0 radical (unpaired) electrons. The Bertz CT molecular complexity index is 1390. The van der Waals surface area contributed by atoms with Crippen LogP contribution in [0.2, 0.25) is 0 Å². The summed E-state index contributed by atoms with van der Waals surface area (Å²) in [5.74, 6) is -0.449. The third kappa shape index (κ3) is 4.09. The molecular weight excluding hydrogens is 429 g/mol. The summed E-state index contributed by atoms with van der Waals surface area (Å²) in [6.45, 7) is 1.87. The van der Waals surface area contributed by atoms with Crippen LogP contribution in [0.15, 0.2) is 72.9 Å². The molecule has 31 heavy (non-hydrogen) atoms. The van der Waals surface area contributed by atoms with Gasteiger partial charge in [0, 0.05) is 28.9 Å². The van der Waals surface area contributed by atoms with E-state index in [9.17, 15) is 21.6 Å². The normalized spacial score (nSPS) is 12.1. The van der Waals surface area contributed by atoms with Gasteiger partial charge in [-0.15, -0.1) is 0 Å². The molecule has 0 bridgehead atoms. The van der Waals surface area contributed by atoms with Crippen LogP contribution in [0.4, 0.5) is 13.2 Å². The van der Waals surface area contributed by atoms with Crippen molar-refractivity contribution in [2.75, 3.05) is 0 Å². The van der Waals surface area contributed by atoms with Crippen LogP contribution in [-0.4, -0.2) is 23.9 Å². The molecule has 0 spiro atoms. The average molecular weight is 444 g/mol. The van der Waals surface area contributed by atoms with Gasteiger partial charge in [0.25, 0.3) is 0 Å². The van der Waals surface area contributed by atoms with Gasteiger partial charge in [-0.05, 0) is 42.3 Å². The fourth-order valence-electron chi connectivity index (χ4n) is 3.18. The fourth-order valence-corrected chi connectivity index (χ4v) is 3.65. The molecule has 0 unspecified atom stereocenters. The lowest BCUT2D eigenvalue weighted by Gasteiger charge is -2.13. The second-order valence-corrected chi connectivity index (χ2v) is 8.27. The molecule has 2 aromatic carbocycles. The monoisotopic (exact) mass is 444 g/mol. The van der Waals surface area contributed by atoms with Gasteiger partial charge in [0.15, 0.2) is 5.75 Å². The van der Waals surface area contributed by atoms with Crippen LogP contribution >= 0.6 is 0 Å². The Kier molecular flexibility index (Phi) is 5.14. The third-order valence-electron chi connectivity index (χ3n) is 4.59. The van der Waals surface area contributed by atoms with Gasteiger partial charge in [0.2, 0.25) is 0 Å². The molecule has 0 aliphatic heterocycles. The molecule has 9 heteroatoms. The van der Waals surface area contributed by atoms with E-state index in [-0.39, 0.29) is 5.39 Å². The van der Waals surface area contributed by atoms with Crippen LogP contribution in [0, 0.1) is 6.92 Å². The number of alkyl halides is 3. The molecule has 0 atom stereocenters. The Morgan fingerprint density at radius 2 is 1.65 bits per heavy atom. The summed E-state index contributed by atoms with van der Waals surface area (Å²) < 4.78 is 65.8. The van der Waals surface area contributed by atoms with Crippen molar-refractivity contribution in [2.45, 2.75) is 12.4 Å². The molecule has 158 valence electrons. The summed E-state index contributed by atoms with van der Waals surface area (Å²) in [6, 6.07) is 19.0. The highest BCUT2D eigenvalue weighted by molar-refractivity contribution is 7.88. The van der Waals surface area contributed by atoms with E-state index in [2.05, 4.69) is 14.2 Å². The van der Waals surface area contributed by atoms with E-state index in [0.29, 0.717) is 11.1 Å². The Morgan fingerprint density at radius 1 is 0.903 bits per heavy atom. The van der Waals surface area contributed by atoms with Crippen LogP contribution in [0.5, 0.6) is 5.75 Å². The lowest BCUT2D eigenvalue weighted by Crippen LogP contribution is -2.28. The van der Waals surface area contributed by atoms with E-state index < -0.39 is 21.4 Å². The molecule has 5 nitrogen and oxygen atoms in total. The largest absolute Gasteiger partial charge is 0.534 e. The fraction of sp³-hybridized carbons (Fsp3) is 0.0909. The molecule has 4 aromatic rings. The topological polar surface area (TPSA) is 69.2 Å². The number of hydrogen-bond donors (Lipinski definition) is 0. The first-order valence-corrected chi connectivity index (χ1v) is 10.5. The van der Waals surface area contributed by atoms with Crippen molar-refractivity contribution in [2.24, 2.45) is 0 Å². The predicted octanol–water partition coefficient (Wildman–Crippen LogP) is 5.50. The summed E-state index contributed by atoms with van der Waals surface area (Å²) in [5.41, 5.74) is -1.43. The lowest BCUT2D eigenvalue weighted by molar-refractivity contribution is -0.0499. The average Bonchev–Trinajstić information content (AvgIpc) is 2.73. The second kappa shape index (κ2) is 7.66. The molecule has 0 N–H and O–H groups in total. The number of benzene rings is 2. The Balaban J connectivity index is 1.87. The highest BCUT2D eigenvalue weighted by Gasteiger charge is 2.48. The number of fused-ring (bicyclic) bond motifs is 1. The molecule has 2 aromatic heterocycles.